The van der Waals surface area contributed by atoms with Gasteiger partial charge in [0.2, 0.25) is 5.91 Å². The molecular formula is C14H20ClN3O. The molecule has 104 valence electrons. The highest BCUT2D eigenvalue weighted by Gasteiger charge is 2.31. The molecule has 0 saturated heterocycles. The minimum atomic E-state index is -0.284. The summed E-state index contributed by atoms with van der Waals surface area (Å²) < 4.78 is 0. The van der Waals surface area contributed by atoms with Crippen LogP contribution < -0.4 is 15.5 Å². The van der Waals surface area contributed by atoms with Gasteiger partial charge in [-0.2, -0.15) is 0 Å². The molecule has 0 bridgehead atoms. The maximum atomic E-state index is 12.0. The summed E-state index contributed by atoms with van der Waals surface area (Å²) in [6, 6.07) is 3.56. The lowest BCUT2D eigenvalue weighted by atomic mass is 10.1. The summed E-state index contributed by atoms with van der Waals surface area (Å²) in [5.41, 5.74) is 2.74. The van der Waals surface area contributed by atoms with Gasteiger partial charge in [-0.05, 0) is 32.0 Å². The Morgan fingerprint density at radius 2 is 2.16 bits per heavy atom. The smallest absolute Gasteiger partial charge is 0.246 e. The van der Waals surface area contributed by atoms with Crippen molar-refractivity contribution in [1.82, 2.24) is 5.32 Å². The highest BCUT2D eigenvalue weighted by atomic mass is 35.5. The average molecular weight is 282 g/mol. The fraction of sp³-hybridized carbons (Fsp3) is 0.500. The molecule has 1 amide bonds. The summed E-state index contributed by atoms with van der Waals surface area (Å²) in [5, 5.41) is 6.84. The molecule has 0 fully saturated rings. The number of nitrogens with zero attached hydrogens (tertiary/aromatic N) is 1. The largest absolute Gasteiger partial charge is 0.374 e. The van der Waals surface area contributed by atoms with Gasteiger partial charge in [-0.1, -0.05) is 18.5 Å². The zero-order valence-corrected chi connectivity index (χ0v) is 12.3. The van der Waals surface area contributed by atoms with Crippen LogP contribution in [0.1, 0.15) is 31.9 Å². The predicted molar refractivity (Wildman–Crippen MR) is 80.1 cm³/mol. The van der Waals surface area contributed by atoms with Gasteiger partial charge in [-0.3, -0.25) is 4.79 Å². The van der Waals surface area contributed by atoms with E-state index in [0.29, 0.717) is 5.02 Å². The Hall–Kier alpha value is -1.26. The van der Waals surface area contributed by atoms with Crippen molar-refractivity contribution >= 4 is 28.9 Å². The number of carbonyl (C=O) groups is 1. The minimum Gasteiger partial charge on any atom is -0.374 e. The molecule has 1 aliphatic rings. The van der Waals surface area contributed by atoms with Crippen molar-refractivity contribution in [2.24, 2.45) is 0 Å². The van der Waals surface area contributed by atoms with Gasteiger partial charge in [0.05, 0.1) is 10.7 Å². The van der Waals surface area contributed by atoms with Gasteiger partial charge in [-0.15, -0.1) is 0 Å². The monoisotopic (exact) mass is 281 g/mol. The lowest BCUT2D eigenvalue weighted by Crippen LogP contribution is -2.28. The molecule has 2 N–H and O–H groups in total. The van der Waals surface area contributed by atoms with Crippen molar-refractivity contribution in [3.8, 4) is 0 Å². The van der Waals surface area contributed by atoms with Gasteiger partial charge in [0.15, 0.2) is 0 Å². The van der Waals surface area contributed by atoms with Crippen LogP contribution in [0.25, 0.3) is 0 Å². The van der Waals surface area contributed by atoms with Crippen LogP contribution in [0.5, 0.6) is 0 Å². The third kappa shape index (κ3) is 2.69. The number of amides is 1. The van der Waals surface area contributed by atoms with Crippen LogP contribution in [-0.2, 0) is 4.79 Å². The van der Waals surface area contributed by atoms with Crippen molar-refractivity contribution < 1.29 is 4.79 Å². The van der Waals surface area contributed by atoms with Crippen LogP contribution in [0.2, 0.25) is 5.02 Å². The molecule has 0 aliphatic carbocycles. The second kappa shape index (κ2) is 5.80. The number of nitrogens with one attached hydrogen (secondary N) is 2. The molecule has 5 heteroatoms. The molecule has 0 aromatic heterocycles. The molecule has 19 heavy (non-hydrogen) atoms. The van der Waals surface area contributed by atoms with E-state index < -0.39 is 0 Å². The van der Waals surface area contributed by atoms with Crippen LogP contribution in [0.15, 0.2) is 12.1 Å². The SMILES string of the molecule is CCCNC1C(=O)Nc2cc(N(C)CC)c(Cl)cc21. The maximum absolute atomic E-state index is 12.0. The van der Waals surface area contributed by atoms with Gasteiger partial charge < -0.3 is 15.5 Å². The Morgan fingerprint density at radius 3 is 2.79 bits per heavy atom. The number of benzene rings is 1. The third-order valence-corrected chi connectivity index (χ3v) is 3.74. The summed E-state index contributed by atoms with van der Waals surface area (Å²) in [5.74, 6) is -0.00387. The first kappa shape index (κ1) is 14.2. The van der Waals surface area contributed by atoms with E-state index in [1.165, 1.54) is 0 Å². The molecule has 1 aromatic rings. The third-order valence-electron chi connectivity index (χ3n) is 3.43. The molecule has 1 aliphatic heterocycles. The van der Waals surface area contributed by atoms with Crippen LogP contribution >= 0.6 is 11.6 Å². The quantitative estimate of drug-likeness (QED) is 0.872. The maximum Gasteiger partial charge on any atom is 0.246 e. The first-order chi connectivity index (χ1) is 9.08. The summed E-state index contributed by atoms with van der Waals surface area (Å²) in [6.07, 6.45) is 0.990. The van der Waals surface area contributed by atoms with Crippen LogP contribution in [-0.4, -0.2) is 26.0 Å². The van der Waals surface area contributed by atoms with Gasteiger partial charge in [0, 0.05) is 24.8 Å². The lowest BCUT2D eigenvalue weighted by molar-refractivity contribution is -0.117. The minimum absolute atomic E-state index is 0.00387. The predicted octanol–water partition coefficient (Wildman–Crippen LogP) is 2.79. The van der Waals surface area contributed by atoms with Gasteiger partial charge in [0.25, 0.3) is 0 Å². The number of hydrogen-bond acceptors (Lipinski definition) is 3. The molecular weight excluding hydrogens is 262 g/mol. The van der Waals surface area contributed by atoms with Gasteiger partial charge >= 0.3 is 0 Å². The number of hydrogen-bond donors (Lipinski definition) is 2. The summed E-state index contributed by atoms with van der Waals surface area (Å²) >= 11 is 6.32. The van der Waals surface area contributed by atoms with Crippen LogP contribution in [0.4, 0.5) is 11.4 Å². The average Bonchev–Trinajstić information content (AvgIpc) is 2.69. The second-order valence-corrected chi connectivity index (χ2v) is 5.19. The summed E-state index contributed by atoms with van der Waals surface area (Å²) in [6.45, 7) is 5.82. The number of carbonyl (C=O) groups excluding carboxylic acids is 1. The van der Waals surface area contributed by atoms with Crippen molar-refractivity contribution in [3.63, 3.8) is 0 Å². The molecule has 0 spiro atoms. The van der Waals surface area contributed by atoms with Crippen molar-refractivity contribution in [3.05, 3.63) is 22.7 Å². The molecule has 0 saturated carbocycles. The Labute approximate surface area is 119 Å². The fourth-order valence-electron chi connectivity index (χ4n) is 2.22. The van der Waals surface area contributed by atoms with E-state index >= 15 is 0 Å². The zero-order valence-electron chi connectivity index (χ0n) is 11.6. The van der Waals surface area contributed by atoms with E-state index in [9.17, 15) is 4.79 Å². The van der Waals surface area contributed by atoms with Crippen LogP contribution in [0.3, 0.4) is 0 Å². The molecule has 1 heterocycles. The number of halogens is 1. The Bertz CT molecular complexity index is 490. The van der Waals surface area contributed by atoms with E-state index in [4.69, 9.17) is 11.6 Å². The molecule has 2 rings (SSSR count). The Kier molecular flexibility index (Phi) is 4.32. The highest BCUT2D eigenvalue weighted by Crippen LogP contribution is 2.38. The molecule has 4 nitrogen and oxygen atoms in total. The first-order valence-electron chi connectivity index (χ1n) is 6.67. The summed E-state index contributed by atoms with van der Waals surface area (Å²) in [7, 11) is 1.98. The van der Waals surface area contributed by atoms with Gasteiger partial charge in [-0.25, -0.2) is 0 Å². The number of anilines is 2. The van der Waals surface area contributed by atoms with Crippen molar-refractivity contribution in [2.75, 3.05) is 30.4 Å². The Balaban J connectivity index is 2.34. The fourth-order valence-corrected chi connectivity index (χ4v) is 2.54. The van der Waals surface area contributed by atoms with Crippen molar-refractivity contribution in [1.29, 1.82) is 0 Å². The van der Waals surface area contributed by atoms with Gasteiger partial charge in [0.1, 0.15) is 6.04 Å². The molecule has 1 aromatic carbocycles. The van der Waals surface area contributed by atoms with E-state index in [1.54, 1.807) is 0 Å². The topological polar surface area (TPSA) is 44.4 Å². The van der Waals surface area contributed by atoms with E-state index in [0.717, 1.165) is 36.4 Å². The molecule has 1 unspecified atom stereocenters. The number of rotatable bonds is 5. The van der Waals surface area contributed by atoms with E-state index in [1.807, 2.05) is 19.2 Å². The molecule has 1 atom stereocenters. The standard InChI is InChI=1S/C14H20ClN3O/c1-4-6-16-13-9-7-10(15)12(18(3)5-2)8-11(9)17-14(13)19/h7-8,13,16H,4-6H2,1-3H3,(H,17,19). The Morgan fingerprint density at radius 1 is 1.42 bits per heavy atom. The number of fused-ring (bicyclic) bond motifs is 1. The highest BCUT2D eigenvalue weighted by molar-refractivity contribution is 6.33. The van der Waals surface area contributed by atoms with Crippen molar-refractivity contribution in [2.45, 2.75) is 26.3 Å². The van der Waals surface area contributed by atoms with Crippen LogP contribution in [0, 0.1) is 0 Å². The van der Waals surface area contributed by atoms with E-state index in [2.05, 4.69) is 29.4 Å². The summed E-state index contributed by atoms with van der Waals surface area (Å²) in [4.78, 5) is 14.0. The normalized spacial score (nSPS) is 17.3. The lowest BCUT2D eigenvalue weighted by Gasteiger charge is -2.20. The molecule has 0 radical (unpaired) electrons. The van der Waals surface area contributed by atoms with E-state index in [-0.39, 0.29) is 11.9 Å². The second-order valence-electron chi connectivity index (χ2n) is 4.78. The zero-order chi connectivity index (χ0) is 14.0. The first-order valence-corrected chi connectivity index (χ1v) is 7.05.